The molecule has 1 unspecified atom stereocenters. The summed E-state index contributed by atoms with van der Waals surface area (Å²) in [6.07, 6.45) is 5.02. The molecule has 0 radical (unpaired) electrons. The highest BCUT2D eigenvalue weighted by atomic mass is 16.4. The van der Waals surface area contributed by atoms with Gasteiger partial charge in [0.25, 0.3) is 0 Å². The van der Waals surface area contributed by atoms with E-state index in [0.717, 1.165) is 24.2 Å². The lowest BCUT2D eigenvalue weighted by molar-refractivity contribution is -0.139. The van der Waals surface area contributed by atoms with Crippen LogP contribution >= 0.6 is 0 Å². The first-order valence-corrected chi connectivity index (χ1v) is 8.65. The van der Waals surface area contributed by atoms with E-state index in [-0.39, 0.29) is 18.4 Å². The number of carboxylic acid groups (broad SMARTS) is 1. The Balaban J connectivity index is 1.49. The van der Waals surface area contributed by atoms with Gasteiger partial charge in [-0.1, -0.05) is 30.3 Å². The minimum absolute atomic E-state index is 0.0265. The molecule has 1 amide bonds. The zero-order valence-electron chi connectivity index (χ0n) is 14.1. The molecule has 1 saturated heterocycles. The van der Waals surface area contributed by atoms with E-state index < -0.39 is 5.97 Å². The van der Waals surface area contributed by atoms with E-state index in [1.165, 1.54) is 0 Å². The van der Waals surface area contributed by atoms with Crippen molar-refractivity contribution in [1.29, 1.82) is 0 Å². The van der Waals surface area contributed by atoms with Crippen LogP contribution in [0.2, 0.25) is 0 Å². The van der Waals surface area contributed by atoms with Crippen LogP contribution in [0.4, 0.5) is 0 Å². The number of amides is 1. The van der Waals surface area contributed by atoms with Crippen molar-refractivity contribution in [3.63, 3.8) is 0 Å². The average Bonchev–Trinajstić information content (AvgIpc) is 3.24. The maximum atomic E-state index is 12.3. The number of carbonyl (C=O) groups excluding carboxylic acids is 1. The van der Waals surface area contributed by atoms with Gasteiger partial charge in [-0.3, -0.25) is 9.59 Å². The number of hydrogen-bond donors (Lipinski definition) is 1. The number of aryl methyl sites for hydroxylation is 1. The van der Waals surface area contributed by atoms with E-state index in [1.54, 1.807) is 11.1 Å². The van der Waals surface area contributed by atoms with Gasteiger partial charge in [0.2, 0.25) is 5.91 Å². The zero-order valence-corrected chi connectivity index (χ0v) is 14.1. The van der Waals surface area contributed by atoms with Crippen LogP contribution in [0.1, 0.15) is 38.0 Å². The van der Waals surface area contributed by atoms with E-state index in [0.29, 0.717) is 31.7 Å². The molecule has 0 aliphatic carbocycles. The van der Waals surface area contributed by atoms with Crippen LogP contribution in [0, 0.1) is 0 Å². The average molecular weight is 342 g/mol. The number of oxazole rings is 1. The van der Waals surface area contributed by atoms with Crippen molar-refractivity contribution in [2.75, 3.05) is 6.54 Å². The second-order valence-electron chi connectivity index (χ2n) is 6.32. The molecule has 1 fully saturated rings. The van der Waals surface area contributed by atoms with Crippen LogP contribution in [0.15, 0.2) is 40.9 Å². The number of aromatic nitrogens is 1. The molecule has 132 valence electrons. The van der Waals surface area contributed by atoms with E-state index in [1.807, 2.05) is 30.3 Å². The second-order valence-corrected chi connectivity index (χ2v) is 6.32. The van der Waals surface area contributed by atoms with Gasteiger partial charge >= 0.3 is 5.97 Å². The fourth-order valence-corrected chi connectivity index (χ4v) is 3.27. The number of carboxylic acids is 1. The topological polar surface area (TPSA) is 83.6 Å². The molecule has 0 saturated carbocycles. The standard InChI is InChI=1S/C19H22N2O4/c22-18(21-11-5-8-15(21)12-19(23)24)10-4-9-17-20-13-16(25-17)14-6-2-1-3-7-14/h1-3,6-7,13,15H,4-5,8-12H2,(H,23,24). The van der Waals surface area contributed by atoms with Crippen LogP contribution in [0.25, 0.3) is 11.3 Å². The maximum absolute atomic E-state index is 12.3. The summed E-state index contributed by atoms with van der Waals surface area (Å²) in [5.74, 6) is 0.523. The van der Waals surface area contributed by atoms with Crippen LogP contribution < -0.4 is 0 Å². The van der Waals surface area contributed by atoms with Gasteiger partial charge in [0.05, 0.1) is 12.6 Å². The van der Waals surface area contributed by atoms with Crippen LogP contribution in [0.3, 0.4) is 0 Å². The van der Waals surface area contributed by atoms with Crippen molar-refractivity contribution < 1.29 is 19.1 Å². The fraction of sp³-hybridized carbons (Fsp3) is 0.421. The van der Waals surface area contributed by atoms with Gasteiger partial charge in [-0.05, 0) is 19.3 Å². The van der Waals surface area contributed by atoms with Crippen molar-refractivity contribution >= 4 is 11.9 Å². The van der Waals surface area contributed by atoms with Crippen LogP contribution in [-0.2, 0) is 16.0 Å². The highest BCUT2D eigenvalue weighted by molar-refractivity contribution is 5.78. The Morgan fingerprint density at radius 2 is 2.08 bits per heavy atom. The third-order valence-corrected chi connectivity index (χ3v) is 4.50. The molecule has 1 aliphatic rings. The number of carbonyl (C=O) groups is 2. The third-order valence-electron chi connectivity index (χ3n) is 4.50. The molecule has 25 heavy (non-hydrogen) atoms. The molecule has 0 bridgehead atoms. The molecule has 1 atom stereocenters. The third kappa shape index (κ3) is 4.47. The molecule has 6 nitrogen and oxygen atoms in total. The number of rotatable bonds is 7. The van der Waals surface area contributed by atoms with Gasteiger partial charge in [-0.25, -0.2) is 4.98 Å². The molecule has 0 spiro atoms. The summed E-state index contributed by atoms with van der Waals surface area (Å²) >= 11 is 0. The van der Waals surface area contributed by atoms with Crippen molar-refractivity contribution in [3.8, 4) is 11.3 Å². The highest BCUT2D eigenvalue weighted by Gasteiger charge is 2.29. The van der Waals surface area contributed by atoms with E-state index in [4.69, 9.17) is 9.52 Å². The van der Waals surface area contributed by atoms with E-state index in [9.17, 15) is 9.59 Å². The maximum Gasteiger partial charge on any atom is 0.305 e. The summed E-state index contributed by atoms with van der Waals surface area (Å²) in [6.45, 7) is 0.661. The molecule has 1 aliphatic heterocycles. The Hall–Kier alpha value is -2.63. The molecule has 1 aromatic heterocycles. The normalized spacial score (nSPS) is 17.0. The predicted octanol–water partition coefficient (Wildman–Crippen LogP) is 3.13. The summed E-state index contributed by atoms with van der Waals surface area (Å²) < 4.78 is 5.74. The fourth-order valence-electron chi connectivity index (χ4n) is 3.27. The first-order chi connectivity index (χ1) is 12.1. The smallest absolute Gasteiger partial charge is 0.305 e. The summed E-state index contributed by atoms with van der Waals surface area (Å²) in [7, 11) is 0. The van der Waals surface area contributed by atoms with Gasteiger partial charge in [0.1, 0.15) is 0 Å². The lowest BCUT2D eigenvalue weighted by atomic mass is 10.1. The van der Waals surface area contributed by atoms with Crippen molar-refractivity contribution in [2.45, 2.75) is 44.6 Å². The summed E-state index contributed by atoms with van der Waals surface area (Å²) in [6, 6.07) is 9.60. The van der Waals surface area contributed by atoms with Crippen molar-refractivity contribution in [3.05, 3.63) is 42.4 Å². The Labute approximate surface area is 146 Å². The van der Waals surface area contributed by atoms with E-state index >= 15 is 0 Å². The number of benzene rings is 1. The number of aliphatic carboxylic acids is 1. The quantitative estimate of drug-likeness (QED) is 0.836. The zero-order chi connectivity index (χ0) is 17.6. The van der Waals surface area contributed by atoms with Gasteiger partial charge in [0, 0.05) is 31.0 Å². The molecule has 2 heterocycles. The molecular formula is C19H22N2O4. The summed E-state index contributed by atoms with van der Waals surface area (Å²) in [5.41, 5.74) is 0.978. The summed E-state index contributed by atoms with van der Waals surface area (Å²) in [4.78, 5) is 29.2. The van der Waals surface area contributed by atoms with Gasteiger partial charge in [-0.15, -0.1) is 0 Å². The molecule has 1 N–H and O–H groups in total. The largest absolute Gasteiger partial charge is 0.481 e. The molecule has 6 heteroatoms. The Bertz CT molecular complexity index is 726. The van der Waals surface area contributed by atoms with Crippen LogP contribution in [0.5, 0.6) is 0 Å². The Morgan fingerprint density at radius 3 is 2.84 bits per heavy atom. The van der Waals surface area contributed by atoms with Crippen molar-refractivity contribution in [1.82, 2.24) is 9.88 Å². The molecule has 3 rings (SSSR count). The van der Waals surface area contributed by atoms with Gasteiger partial charge in [0.15, 0.2) is 11.7 Å². The number of hydrogen-bond acceptors (Lipinski definition) is 4. The monoisotopic (exact) mass is 342 g/mol. The summed E-state index contributed by atoms with van der Waals surface area (Å²) in [5, 5.41) is 8.94. The minimum Gasteiger partial charge on any atom is -0.481 e. The molecule has 1 aromatic carbocycles. The predicted molar refractivity (Wildman–Crippen MR) is 91.9 cm³/mol. The Kier molecular flexibility index (Phi) is 5.48. The lowest BCUT2D eigenvalue weighted by Gasteiger charge is -2.23. The highest BCUT2D eigenvalue weighted by Crippen LogP contribution is 2.23. The number of likely N-dealkylation sites (tertiary alicyclic amines) is 1. The van der Waals surface area contributed by atoms with Crippen LogP contribution in [-0.4, -0.2) is 39.5 Å². The molecular weight excluding hydrogens is 320 g/mol. The number of nitrogens with zero attached hydrogens (tertiary/aromatic N) is 2. The second kappa shape index (κ2) is 7.96. The van der Waals surface area contributed by atoms with Gasteiger partial charge < -0.3 is 14.4 Å². The first-order valence-electron chi connectivity index (χ1n) is 8.65. The Morgan fingerprint density at radius 1 is 1.28 bits per heavy atom. The minimum atomic E-state index is -0.849. The molecule has 2 aromatic rings. The first kappa shape index (κ1) is 17.2. The van der Waals surface area contributed by atoms with Gasteiger partial charge in [-0.2, -0.15) is 0 Å². The van der Waals surface area contributed by atoms with Crippen molar-refractivity contribution in [2.24, 2.45) is 0 Å². The lowest BCUT2D eigenvalue weighted by Crippen LogP contribution is -2.36. The van der Waals surface area contributed by atoms with E-state index in [2.05, 4.69) is 4.98 Å². The SMILES string of the molecule is O=C(O)CC1CCCN1C(=O)CCCc1ncc(-c2ccccc2)o1.